The Morgan fingerprint density at radius 3 is 2.89 bits per heavy atom. The molecule has 0 aliphatic rings. The van der Waals surface area contributed by atoms with Crippen molar-refractivity contribution in [1.82, 2.24) is 9.88 Å². The lowest BCUT2D eigenvalue weighted by Gasteiger charge is -2.15. The lowest BCUT2D eigenvalue weighted by molar-refractivity contribution is 0.0748. The van der Waals surface area contributed by atoms with Crippen molar-refractivity contribution in [2.45, 2.75) is 11.6 Å². The molecule has 0 radical (unpaired) electrons. The van der Waals surface area contributed by atoms with Crippen LogP contribution in [-0.2, 0) is 6.54 Å². The highest BCUT2D eigenvalue weighted by Crippen LogP contribution is 2.19. The number of furan rings is 1. The lowest BCUT2D eigenvalue weighted by atomic mass is 10.2. The number of hydrogen-bond donors (Lipinski definition) is 0. The molecular formula is C13H14N2O2S. The second-order valence-electron chi connectivity index (χ2n) is 3.85. The highest BCUT2D eigenvalue weighted by atomic mass is 32.2. The fourth-order valence-electron chi connectivity index (χ4n) is 1.57. The van der Waals surface area contributed by atoms with Gasteiger partial charge in [0.2, 0.25) is 0 Å². The topological polar surface area (TPSA) is 46.3 Å². The average Bonchev–Trinajstić information content (AvgIpc) is 2.87. The number of rotatable bonds is 4. The van der Waals surface area contributed by atoms with Crippen LogP contribution in [0.1, 0.15) is 16.1 Å². The third-order valence-corrected chi connectivity index (χ3v) is 3.10. The van der Waals surface area contributed by atoms with Crippen molar-refractivity contribution in [3.8, 4) is 0 Å². The van der Waals surface area contributed by atoms with Crippen molar-refractivity contribution < 1.29 is 9.21 Å². The maximum absolute atomic E-state index is 12.1. The number of carbonyl (C=O) groups excluding carboxylic acids is 1. The first-order chi connectivity index (χ1) is 8.70. The van der Waals surface area contributed by atoms with Crippen LogP contribution >= 0.6 is 11.8 Å². The lowest BCUT2D eigenvalue weighted by Crippen LogP contribution is -2.25. The number of hydrogen-bond acceptors (Lipinski definition) is 4. The van der Waals surface area contributed by atoms with E-state index in [1.807, 2.05) is 18.4 Å². The largest absolute Gasteiger partial charge is 0.445 e. The van der Waals surface area contributed by atoms with Crippen molar-refractivity contribution in [3.63, 3.8) is 0 Å². The molecule has 0 saturated carbocycles. The molecule has 18 heavy (non-hydrogen) atoms. The quantitative estimate of drug-likeness (QED) is 0.795. The molecule has 0 N–H and O–H groups in total. The monoisotopic (exact) mass is 262 g/mol. The second-order valence-corrected chi connectivity index (χ2v) is 4.66. The molecule has 2 aromatic rings. The third kappa shape index (κ3) is 2.92. The van der Waals surface area contributed by atoms with E-state index in [4.69, 9.17) is 4.42 Å². The van der Waals surface area contributed by atoms with Crippen LogP contribution in [0, 0.1) is 0 Å². The number of aromatic nitrogens is 1. The average molecular weight is 262 g/mol. The maximum atomic E-state index is 12.1. The van der Waals surface area contributed by atoms with Crippen LogP contribution in [-0.4, -0.2) is 29.1 Å². The van der Waals surface area contributed by atoms with Crippen molar-refractivity contribution in [3.05, 3.63) is 48.0 Å². The van der Waals surface area contributed by atoms with Gasteiger partial charge in [-0.05, 0) is 30.0 Å². The Hall–Kier alpha value is -1.75. The van der Waals surface area contributed by atoms with Gasteiger partial charge in [0.15, 0.2) is 10.9 Å². The molecule has 0 aliphatic heterocycles. The predicted octanol–water partition coefficient (Wildman–Crippen LogP) is 2.67. The van der Waals surface area contributed by atoms with Crippen LogP contribution in [0.4, 0.5) is 0 Å². The molecular weight excluding hydrogens is 248 g/mol. The van der Waals surface area contributed by atoms with Gasteiger partial charge in [0.1, 0.15) is 0 Å². The molecule has 94 valence electrons. The molecule has 0 fully saturated rings. The molecule has 0 bridgehead atoms. The minimum absolute atomic E-state index is 0.126. The zero-order valence-electron chi connectivity index (χ0n) is 10.3. The van der Waals surface area contributed by atoms with E-state index in [0.717, 1.165) is 10.7 Å². The van der Waals surface area contributed by atoms with Crippen molar-refractivity contribution in [1.29, 1.82) is 0 Å². The first kappa shape index (κ1) is 12.7. The molecule has 0 saturated heterocycles. The van der Waals surface area contributed by atoms with E-state index in [2.05, 4.69) is 4.98 Å². The first-order valence-electron chi connectivity index (χ1n) is 5.49. The Morgan fingerprint density at radius 2 is 2.28 bits per heavy atom. The first-order valence-corrected chi connectivity index (χ1v) is 6.71. The Kier molecular flexibility index (Phi) is 4.04. The highest BCUT2D eigenvalue weighted by molar-refractivity contribution is 7.98. The molecule has 0 aliphatic carbocycles. The molecule has 0 aromatic carbocycles. The molecule has 0 unspecified atom stereocenters. The smallest absolute Gasteiger partial charge is 0.289 e. The molecule has 4 nitrogen and oxygen atoms in total. The number of pyridine rings is 1. The van der Waals surface area contributed by atoms with E-state index in [1.54, 1.807) is 36.5 Å². The van der Waals surface area contributed by atoms with E-state index in [0.29, 0.717) is 12.3 Å². The number of thioether (sulfide) groups is 1. The van der Waals surface area contributed by atoms with Crippen molar-refractivity contribution in [2.75, 3.05) is 13.3 Å². The van der Waals surface area contributed by atoms with Gasteiger partial charge in [-0.15, -0.1) is 0 Å². The Labute approximate surface area is 110 Å². The van der Waals surface area contributed by atoms with Crippen LogP contribution in [0.5, 0.6) is 0 Å². The molecule has 1 amide bonds. The normalized spacial score (nSPS) is 10.3. The van der Waals surface area contributed by atoms with Gasteiger partial charge in [0, 0.05) is 26.0 Å². The van der Waals surface area contributed by atoms with Crippen molar-refractivity contribution >= 4 is 17.7 Å². The van der Waals surface area contributed by atoms with Gasteiger partial charge >= 0.3 is 0 Å². The Bertz CT molecular complexity index is 525. The summed E-state index contributed by atoms with van der Waals surface area (Å²) < 4.78 is 5.41. The molecule has 2 rings (SSSR count). The Morgan fingerprint density at radius 1 is 1.44 bits per heavy atom. The van der Waals surface area contributed by atoms with E-state index in [1.165, 1.54) is 11.8 Å². The van der Waals surface area contributed by atoms with E-state index in [-0.39, 0.29) is 5.91 Å². The summed E-state index contributed by atoms with van der Waals surface area (Å²) in [4.78, 5) is 17.7. The number of amides is 1. The van der Waals surface area contributed by atoms with Gasteiger partial charge in [0.25, 0.3) is 5.91 Å². The minimum Gasteiger partial charge on any atom is -0.445 e. The summed E-state index contributed by atoms with van der Waals surface area (Å²) in [5.41, 5.74) is 0.991. The summed E-state index contributed by atoms with van der Waals surface area (Å²) in [6, 6.07) is 7.29. The van der Waals surface area contributed by atoms with Crippen molar-refractivity contribution in [2.24, 2.45) is 0 Å². The molecule has 5 heteroatoms. The van der Waals surface area contributed by atoms with E-state index >= 15 is 0 Å². The van der Waals surface area contributed by atoms with Crippen LogP contribution in [0.2, 0.25) is 0 Å². The number of nitrogens with zero attached hydrogens (tertiary/aromatic N) is 2. The minimum atomic E-state index is -0.126. The van der Waals surface area contributed by atoms with Gasteiger partial charge in [-0.25, -0.2) is 0 Å². The van der Waals surface area contributed by atoms with Gasteiger partial charge in [0.05, 0.1) is 0 Å². The maximum Gasteiger partial charge on any atom is 0.289 e. The third-order valence-electron chi connectivity index (χ3n) is 2.48. The summed E-state index contributed by atoms with van der Waals surface area (Å²) in [7, 11) is 1.75. The highest BCUT2D eigenvalue weighted by Gasteiger charge is 2.16. The molecule has 0 spiro atoms. The summed E-state index contributed by atoms with van der Waals surface area (Å²) in [5, 5.41) is 0.744. The molecule has 2 aromatic heterocycles. The fourth-order valence-corrected chi connectivity index (χ4v) is 1.95. The van der Waals surface area contributed by atoms with E-state index < -0.39 is 0 Å². The van der Waals surface area contributed by atoms with Gasteiger partial charge < -0.3 is 9.32 Å². The molecule has 2 heterocycles. The fraction of sp³-hybridized carbons (Fsp3) is 0.231. The van der Waals surface area contributed by atoms with Gasteiger partial charge in [-0.3, -0.25) is 9.78 Å². The second kappa shape index (κ2) is 5.73. The SMILES string of the molecule is CSc1ccc(C(=O)N(C)Cc2cccnc2)o1. The summed E-state index contributed by atoms with van der Waals surface area (Å²) in [6.45, 7) is 0.516. The van der Waals surface area contributed by atoms with Crippen LogP contribution in [0.25, 0.3) is 0 Å². The summed E-state index contributed by atoms with van der Waals surface area (Å²) in [5.74, 6) is 0.241. The molecule has 0 atom stereocenters. The summed E-state index contributed by atoms with van der Waals surface area (Å²) in [6.07, 6.45) is 5.37. The van der Waals surface area contributed by atoms with E-state index in [9.17, 15) is 4.79 Å². The zero-order valence-corrected chi connectivity index (χ0v) is 11.1. The summed E-state index contributed by atoms with van der Waals surface area (Å²) >= 11 is 1.48. The standard InChI is InChI=1S/C13H14N2O2S/c1-15(9-10-4-3-7-14-8-10)13(16)11-5-6-12(17-11)18-2/h3-8H,9H2,1-2H3. The number of carbonyl (C=O) groups is 1. The van der Waals surface area contributed by atoms with Gasteiger partial charge in [-0.1, -0.05) is 17.8 Å². The van der Waals surface area contributed by atoms with Crippen LogP contribution in [0.3, 0.4) is 0 Å². The van der Waals surface area contributed by atoms with Crippen LogP contribution in [0.15, 0.2) is 46.2 Å². The van der Waals surface area contributed by atoms with Gasteiger partial charge in [-0.2, -0.15) is 0 Å². The zero-order chi connectivity index (χ0) is 13.0. The van der Waals surface area contributed by atoms with Crippen LogP contribution < -0.4 is 0 Å². The Balaban J connectivity index is 2.05. The predicted molar refractivity (Wildman–Crippen MR) is 70.5 cm³/mol.